The van der Waals surface area contributed by atoms with Crippen LogP contribution in [-0.4, -0.2) is 18.1 Å². The van der Waals surface area contributed by atoms with Gasteiger partial charge in [-0.1, -0.05) is 18.2 Å². The lowest BCUT2D eigenvalue weighted by atomic mass is 9.76. The van der Waals surface area contributed by atoms with E-state index in [0.717, 1.165) is 37.0 Å². The van der Waals surface area contributed by atoms with Gasteiger partial charge in [0.15, 0.2) is 0 Å². The summed E-state index contributed by atoms with van der Waals surface area (Å²) in [5.74, 6) is 0.851. The summed E-state index contributed by atoms with van der Waals surface area (Å²) >= 11 is 0. The number of amides is 1. The summed E-state index contributed by atoms with van der Waals surface area (Å²) in [4.78, 5) is 12.1. The molecule has 1 unspecified atom stereocenters. The van der Waals surface area contributed by atoms with Gasteiger partial charge in [0, 0.05) is 12.0 Å². The zero-order valence-electron chi connectivity index (χ0n) is 10.7. The van der Waals surface area contributed by atoms with Crippen molar-refractivity contribution in [2.45, 2.75) is 37.3 Å². The maximum Gasteiger partial charge on any atom is 0.240 e. The second kappa shape index (κ2) is 5.39. The Labute approximate surface area is 119 Å². The van der Waals surface area contributed by atoms with Crippen LogP contribution in [0.3, 0.4) is 0 Å². The molecule has 5 heteroatoms. The quantitative estimate of drug-likeness (QED) is 0.871. The Morgan fingerprint density at radius 2 is 2.11 bits per heavy atom. The van der Waals surface area contributed by atoms with Gasteiger partial charge in [-0.25, -0.2) is 0 Å². The number of fused-ring (bicyclic) bond motifs is 1. The first-order valence-corrected chi connectivity index (χ1v) is 6.51. The van der Waals surface area contributed by atoms with Crippen molar-refractivity contribution in [2.24, 2.45) is 5.73 Å². The van der Waals surface area contributed by atoms with E-state index in [1.54, 1.807) is 0 Å². The van der Waals surface area contributed by atoms with Crippen molar-refractivity contribution in [1.82, 2.24) is 5.32 Å². The Hall–Kier alpha value is -1.26. The average Bonchev–Trinajstić information content (AvgIpc) is 2.36. The number of carbonyl (C=O) groups excluding carboxylic acids is 1. The maximum absolute atomic E-state index is 12.1. The van der Waals surface area contributed by atoms with Gasteiger partial charge in [-0.15, -0.1) is 12.4 Å². The second-order valence-electron chi connectivity index (χ2n) is 5.21. The third-order valence-electron chi connectivity index (χ3n) is 3.96. The van der Waals surface area contributed by atoms with Gasteiger partial charge in [-0.05, 0) is 25.3 Å². The normalized spacial score (nSPS) is 23.1. The lowest BCUT2D eigenvalue weighted by Crippen LogP contribution is -2.59. The van der Waals surface area contributed by atoms with Crippen LogP contribution >= 0.6 is 12.4 Å². The largest absolute Gasteiger partial charge is 0.493 e. The molecule has 2 aliphatic rings. The topological polar surface area (TPSA) is 64.4 Å². The number of benzene rings is 1. The second-order valence-corrected chi connectivity index (χ2v) is 5.21. The minimum absolute atomic E-state index is 0. The highest BCUT2D eigenvalue weighted by Crippen LogP contribution is 2.34. The van der Waals surface area contributed by atoms with Gasteiger partial charge < -0.3 is 15.8 Å². The summed E-state index contributed by atoms with van der Waals surface area (Å²) in [7, 11) is 0. The number of hydrogen-bond donors (Lipinski definition) is 2. The fourth-order valence-electron chi connectivity index (χ4n) is 2.58. The van der Waals surface area contributed by atoms with Gasteiger partial charge in [0.1, 0.15) is 5.75 Å². The van der Waals surface area contributed by atoms with Crippen LogP contribution in [0.2, 0.25) is 0 Å². The summed E-state index contributed by atoms with van der Waals surface area (Å²) in [6.45, 7) is 0.638. The lowest BCUT2D eigenvalue weighted by molar-refractivity contribution is -0.130. The van der Waals surface area contributed by atoms with E-state index in [2.05, 4.69) is 5.32 Å². The molecule has 1 atom stereocenters. The monoisotopic (exact) mass is 282 g/mol. The van der Waals surface area contributed by atoms with Crippen molar-refractivity contribution in [3.63, 3.8) is 0 Å². The lowest BCUT2D eigenvalue weighted by Gasteiger charge is -2.38. The van der Waals surface area contributed by atoms with Crippen molar-refractivity contribution >= 4 is 18.3 Å². The van der Waals surface area contributed by atoms with E-state index in [0.29, 0.717) is 6.61 Å². The molecule has 1 aliphatic heterocycles. The van der Waals surface area contributed by atoms with Gasteiger partial charge in [0.2, 0.25) is 5.91 Å². The molecule has 19 heavy (non-hydrogen) atoms. The Kier molecular flexibility index (Phi) is 4.02. The molecular formula is C14H19ClN2O2. The number of carbonyl (C=O) groups is 1. The predicted molar refractivity (Wildman–Crippen MR) is 75.5 cm³/mol. The summed E-state index contributed by atoms with van der Waals surface area (Å²) in [5, 5.41) is 3.07. The zero-order valence-corrected chi connectivity index (χ0v) is 11.5. The minimum atomic E-state index is -0.632. The van der Waals surface area contributed by atoms with Crippen LogP contribution in [0, 0.1) is 0 Å². The molecule has 4 nitrogen and oxygen atoms in total. The van der Waals surface area contributed by atoms with Crippen LogP contribution in [0.25, 0.3) is 0 Å². The number of para-hydroxylation sites is 1. The van der Waals surface area contributed by atoms with Gasteiger partial charge >= 0.3 is 0 Å². The molecule has 1 amide bonds. The molecule has 1 heterocycles. The highest BCUT2D eigenvalue weighted by Gasteiger charge is 2.41. The van der Waals surface area contributed by atoms with Crippen molar-refractivity contribution in [3.8, 4) is 5.75 Å². The van der Waals surface area contributed by atoms with Crippen LogP contribution < -0.4 is 15.8 Å². The number of hydrogen-bond acceptors (Lipinski definition) is 3. The van der Waals surface area contributed by atoms with Gasteiger partial charge in [-0.2, -0.15) is 0 Å². The van der Waals surface area contributed by atoms with Crippen molar-refractivity contribution in [3.05, 3.63) is 29.8 Å². The molecule has 0 bridgehead atoms. The molecule has 0 radical (unpaired) electrons. The standard InChI is InChI=1S/C14H18N2O2.ClH/c15-14(7-3-8-14)13(17)16-11-6-9-18-12-5-2-1-4-10(11)12;/h1-2,4-5,11H,3,6-9,15H2,(H,16,17);1H. The van der Waals surface area contributed by atoms with E-state index < -0.39 is 5.54 Å². The smallest absolute Gasteiger partial charge is 0.240 e. The van der Waals surface area contributed by atoms with Crippen molar-refractivity contribution < 1.29 is 9.53 Å². The Balaban J connectivity index is 0.00000133. The number of nitrogens with two attached hydrogens (primary N) is 1. The minimum Gasteiger partial charge on any atom is -0.493 e. The van der Waals surface area contributed by atoms with Crippen molar-refractivity contribution in [1.29, 1.82) is 0 Å². The van der Waals surface area contributed by atoms with E-state index in [1.165, 1.54) is 0 Å². The summed E-state index contributed by atoms with van der Waals surface area (Å²) in [6.07, 6.45) is 3.44. The van der Waals surface area contributed by atoms with E-state index in [1.807, 2.05) is 24.3 Å². The van der Waals surface area contributed by atoms with E-state index >= 15 is 0 Å². The van der Waals surface area contributed by atoms with E-state index in [4.69, 9.17) is 10.5 Å². The fraction of sp³-hybridized carbons (Fsp3) is 0.500. The molecule has 1 aromatic rings. The molecule has 0 saturated heterocycles. The predicted octanol–water partition coefficient (Wildman–Crippen LogP) is 1.93. The fourth-order valence-corrected chi connectivity index (χ4v) is 2.58. The number of rotatable bonds is 2. The third kappa shape index (κ3) is 2.55. The molecule has 104 valence electrons. The van der Waals surface area contributed by atoms with Crippen LogP contribution in [0.1, 0.15) is 37.3 Å². The van der Waals surface area contributed by atoms with Crippen molar-refractivity contribution in [2.75, 3.05) is 6.61 Å². The van der Waals surface area contributed by atoms with Crippen LogP contribution in [0.4, 0.5) is 0 Å². The molecular weight excluding hydrogens is 264 g/mol. The zero-order chi connectivity index (χ0) is 12.6. The van der Waals surface area contributed by atoms with Crippen LogP contribution in [-0.2, 0) is 4.79 Å². The summed E-state index contributed by atoms with van der Waals surface area (Å²) in [6, 6.07) is 7.88. The Morgan fingerprint density at radius 3 is 2.79 bits per heavy atom. The molecule has 1 aliphatic carbocycles. The average molecular weight is 283 g/mol. The molecule has 0 spiro atoms. The number of nitrogens with one attached hydrogen (secondary N) is 1. The Morgan fingerprint density at radius 1 is 1.37 bits per heavy atom. The highest BCUT2D eigenvalue weighted by atomic mass is 35.5. The van der Waals surface area contributed by atoms with Crippen LogP contribution in [0.15, 0.2) is 24.3 Å². The SMILES string of the molecule is Cl.NC1(C(=O)NC2CCOc3ccccc32)CCC1. The molecule has 1 fully saturated rings. The highest BCUT2D eigenvalue weighted by molar-refractivity contribution is 5.87. The maximum atomic E-state index is 12.1. The van der Waals surface area contributed by atoms with E-state index in [-0.39, 0.29) is 24.4 Å². The first-order valence-electron chi connectivity index (χ1n) is 6.51. The van der Waals surface area contributed by atoms with Gasteiger partial charge in [-0.3, -0.25) is 4.79 Å². The molecule has 1 aromatic carbocycles. The summed E-state index contributed by atoms with van der Waals surface area (Å²) < 4.78 is 5.58. The number of ether oxygens (including phenoxy) is 1. The third-order valence-corrected chi connectivity index (χ3v) is 3.96. The molecule has 1 saturated carbocycles. The Bertz CT molecular complexity index is 474. The molecule has 3 rings (SSSR count). The van der Waals surface area contributed by atoms with E-state index in [9.17, 15) is 4.79 Å². The summed E-state index contributed by atoms with van der Waals surface area (Å²) in [5.41, 5.74) is 6.46. The molecule has 3 N–H and O–H groups in total. The first-order chi connectivity index (χ1) is 8.69. The van der Waals surface area contributed by atoms with Gasteiger partial charge in [0.25, 0.3) is 0 Å². The van der Waals surface area contributed by atoms with Crippen LogP contribution in [0.5, 0.6) is 5.75 Å². The number of halogens is 1. The van der Waals surface area contributed by atoms with Gasteiger partial charge in [0.05, 0.1) is 18.2 Å². The molecule has 0 aromatic heterocycles. The first kappa shape index (κ1) is 14.2.